The van der Waals surface area contributed by atoms with E-state index < -0.39 is 20.2 Å². The molecule has 6 bridgehead atoms. The van der Waals surface area contributed by atoms with E-state index in [1.165, 1.54) is 18.1 Å². The predicted octanol–water partition coefficient (Wildman–Crippen LogP) is 8.55. The van der Waals surface area contributed by atoms with Crippen LogP contribution in [0, 0.1) is 46.2 Å². The van der Waals surface area contributed by atoms with Gasteiger partial charge in [0.15, 0.2) is 5.75 Å². The van der Waals surface area contributed by atoms with Crippen LogP contribution in [0.25, 0.3) is 0 Å². The molecule has 0 heterocycles. The second kappa shape index (κ2) is 11.0. The summed E-state index contributed by atoms with van der Waals surface area (Å²) in [6.07, 6.45) is 20.0. The molecule has 0 radical (unpaired) electrons. The Morgan fingerprint density at radius 2 is 1.09 bits per heavy atom. The van der Waals surface area contributed by atoms with Gasteiger partial charge in [0.25, 0.3) is 10.1 Å². The summed E-state index contributed by atoms with van der Waals surface area (Å²) in [5.41, 5.74) is 3.01. The Morgan fingerprint density at radius 3 is 1.50 bits per heavy atom. The molecule has 2 aromatic carbocycles. The molecule has 9 unspecified atom stereocenters. The van der Waals surface area contributed by atoms with Crippen molar-refractivity contribution in [3.05, 3.63) is 82.1 Å². The third kappa shape index (κ3) is 5.11. The van der Waals surface area contributed by atoms with Gasteiger partial charge in [-0.1, -0.05) is 48.6 Å². The van der Waals surface area contributed by atoms with Crippen LogP contribution < -0.4 is 4.18 Å². The molecule has 1 N–H and O–H groups in total. The van der Waals surface area contributed by atoms with Gasteiger partial charge in [-0.05, 0) is 182 Å². The fourth-order valence-corrected chi connectivity index (χ4v) is 16.9. The summed E-state index contributed by atoms with van der Waals surface area (Å²) in [6.45, 7) is 0. The summed E-state index contributed by atoms with van der Waals surface area (Å²) in [7, 11) is -9.02. The van der Waals surface area contributed by atoms with Crippen molar-refractivity contribution in [2.45, 2.75) is 66.1 Å². The summed E-state index contributed by atoms with van der Waals surface area (Å²) in [6, 6.07) is 5.94. The van der Waals surface area contributed by atoms with Crippen LogP contribution in [0.1, 0.15) is 73.0 Å². The van der Waals surface area contributed by atoms with Crippen molar-refractivity contribution < 1.29 is 25.6 Å². The Balaban J connectivity index is 1.33. The Labute approximate surface area is 299 Å². The van der Waals surface area contributed by atoms with Crippen LogP contribution in [0.4, 0.5) is 0 Å². The fourth-order valence-electron chi connectivity index (χ4n) is 9.21. The SMILES string of the molecule is O=S(=O)(O)c1c(I)cc(I)c(OS(=O)(=O)c2c(C3CC4C=CC3C4)cc(C3CC4C=CC3C4)cc2C2CC3C=CC2C3)c1I. The summed E-state index contributed by atoms with van der Waals surface area (Å²) in [4.78, 5) is -0.0451. The minimum absolute atomic E-state index is 0.0564. The van der Waals surface area contributed by atoms with Crippen LogP contribution in [0.2, 0.25) is 0 Å². The molecule has 0 aliphatic heterocycles. The quantitative estimate of drug-likeness (QED) is 0.129. The minimum atomic E-state index is -4.61. The molecular weight excluding hydrogens is 937 g/mol. The molecule has 6 aliphatic rings. The number of hydrogen-bond donors (Lipinski definition) is 1. The zero-order valence-electron chi connectivity index (χ0n) is 23.6. The van der Waals surface area contributed by atoms with Crippen LogP contribution >= 0.6 is 67.8 Å². The van der Waals surface area contributed by atoms with Crippen LogP contribution in [-0.4, -0.2) is 21.4 Å². The van der Waals surface area contributed by atoms with Crippen molar-refractivity contribution in [2.75, 3.05) is 0 Å². The van der Waals surface area contributed by atoms with E-state index in [0.29, 0.717) is 48.6 Å². The van der Waals surface area contributed by atoms with Crippen LogP contribution in [0.5, 0.6) is 5.75 Å². The lowest BCUT2D eigenvalue weighted by Gasteiger charge is -2.30. The zero-order valence-corrected chi connectivity index (χ0v) is 31.7. The van der Waals surface area contributed by atoms with E-state index in [4.69, 9.17) is 4.18 Å². The number of rotatable bonds is 7. The summed E-state index contributed by atoms with van der Waals surface area (Å²) in [5, 5.41) is 0. The number of allylic oxidation sites excluding steroid dienone is 6. The molecular formula is C33H31I3O6S2. The average molecular weight is 968 g/mol. The van der Waals surface area contributed by atoms with E-state index in [9.17, 15) is 21.4 Å². The van der Waals surface area contributed by atoms with E-state index >= 15 is 0 Å². The lowest BCUT2D eigenvalue weighted by atomic mass is 9.77. The van der Waals surface area contributed by atoms with E-state index in [1.54, 1.807) is 22.6 Å². The van der Waals surface area contributed by atoms with Gasteiger partial charge in [-0.3, -0.25) is 4.55 Å². The van der Waals surface area contributed by atoms with Gasteiger partial charge in [-0.2, -0.15) is 16.8 Å². The van der Waals surface area contributed by atoms with Gasteiger partial charge in [0, 0.05) is 3.57 Å². The molecule has 44 heavy (non-hydrogen) atoms. The first kappa shape index (κ1) is 30.8. The van der Waals surface area contributed by atoms with Crippen LogP contribution in [0.15, 0.2) is 64.4 Å². The Morgan fingerprint density at radius 1 is 0.614 bits per heavy atom. The van der Waals surface area contributed by atoms with Gasteiger partial charge in [-0.25, -0.2) is 0 Å². The van der Waals surface area contributed by atoms with Gasteiger partial charge in [0.1, 0.15) is 9.79 Å². The van der Waals surface area contributed by atoms with E-state index in [1.807, 2.05) is 45.2 Å². The Hall–Kier alpha value is -0.490. The van der Waals surface area contributed by atoms with Gasteiger partial charge in [-0.15, -0.1) is 0 Å². The highest BCUT2D eigenvalue weighted by Crippen LogP contribution is 2.57. The molecule has 9 atom stereocenters. The van der Waals surface area contributed by atoms with Gasteiger partial charge in [0.05, 0.1) is 7.14 Å². The minimum Gasteiger partial charge on any atom is -0.377 e. The van der Waals surface area contributed by atoms with Crippen molar-refractivity contribution in [3.63, 3.8) is 0 Å². The highest BCUT2D eigenvalue weighted by atomic mass is 127. The Bertz CT molecular complexity index is 1840. The van der Waals surface area contributed by atoms with Crippen molar-refractivity contribution in [2.24, 2.45) is 35.5 Å². The fraction of sp³-hybridized carbons (Fsp3) is 0.455. The lowest BCUT2D eigenvalue weighted by molar-refractivity contribution is 0.464. The highest BCUT2D eigenvalue weighted by Gasteiger charge is 2.46. The monoisotopic (exact) mass is 968 g/mol. The highest BCUT2D eigenvalue weighted by molar-refractivity contribution is 14.1. The van der Waals surface area contributed by atoms with Crippen molar-refractivity contribution in [1.29, 1.82) is 0 Å². The topological polar surface area (TPSA) is 97.7 Å². The first-order valence-electron chi connectivity index (χ1n) is 15.2. The van der Waals surface area contributed by atoms with Gasteiger partial charge in [0.2, 0.25) is 0 Å². The van der Waals surface area contributed by atoms with Crippen molar-refractivity contribution in [3.8, 4) is 5.75 Å². The summed E-state index contributed by atoms with van der Waals surface area (Å²) in [5.74, 6) is 3.10. The normalized spacial score (nSPS) is 34.6. The summed E-state index contributed by atoms with van der Waals surface area (Å²) < 4.78 is 71.1. The molecule has 232 valence electrons. The maximum atomic E-state index is 14.8. The van der Waals surface area contributed by atoms with Crippen LogP contribution in [-0.2, 0) is 20.2 Å². The standard InChI is InChI=1S/C33H31I3O6S2/c34-28-15-29(35)33(43(37,38)39)30(36)31(28)42-44(40,41)32-26(24-11-17-2-5-20(24)8-17)13-22(23-10-16-1-4-19(23)7-16)14-27(32)25-12-18-3-6-21(25)9-18/h1-6,13-21,23-25H,7-12H2,(H,37,38,39). The zero-order chi connectivity index (χ0) is 30.7. The van der Waals surface area contributed by atoms with Gasteiger partial charge < -0.3 is 4.18 Å². The summed E-state index contributed by atoms with van der Waals surface area (Å²) >= 11 is 5.60. The van der Waals surface area contributed by atoms with Crippen LogP contribution in [0.3, 0.4) is 0 Å². The molecule has 0 aromatic heterocycles. The van der Waals surface area contributed by atoms with Crippen molar-refractivity contribution in [1.82, 2.24) is 0 Å². The molecule has 8 rings (SSSR count). The number of halogens is 3. The van der Waals surface area contributed by atoms with E-state index in [0.717, 1.165) is 43.2 Å². The third-order valence-electron chi connectivity index (χ3n) is 11.0. The molecule has 11 heteroatoms. The van der Waals surface area contributed by atoms with Crippen molar-refractivity contribution >= 4 is 88.0 Å². The molecule has 0 spiro atoms. The molecule has 3 fully saturated rings. The Kier molecular flexibility index (Phi) is 7.72. The molecule has 0 amide bonds. The maximum absolute atomic E-state index is 14.8. The number of hydrogen-bond acceptors (Lipinski definition) is 5. The predicted molar refractivity (Wildman–Crippen MR) is 193 cm³/mol. The smallest absolute Gasteiger partial charge is 0.339 e. The lowest BCUT2D eigenvalue weighted by Crippen LogP contribution is -2.23. The molecule has 3 saturated carbocycles. The molecule has 6 nitrogen and oxygen atoms in total. The average Bonchev–Trinajstić information content (AvgIpc) is 3.81. The second-order valence-corrected chi connectivity index (χ2v) is 19.8. The van der Waals surface area contributed by atoms with E-state index in [-0.39, 0.29) is 30.9 Å². The molecule has 0 saturated heterocycles. The third-order valence-corrected chi connectivity index (χ3v) is 16.7. The van der Waals surface area contributed by atoms with E-state index in [2.05, 4.69) is 48.6 Å². The van der Waals surface area contributed by atoms with Gasteiger partial charge >= 0.3 is 10.1 Å². The molecule has 6 aliphatic carbocycles. The largest absolute Gasteiger partial charge is 0.377 e. The molecule has 2 aromatic rings. The maximum Gasteiger partial charge on any atom is 0.339 e. The second-order valence-electron chi connectivity index (χ2n) is 13.5. The number of benzene rings is 2. The first-order valence-corrected chi connectivity index (χ1v) is 21.3. The number of fused-ring (bicyclic) bond motifs is 6. The first-order chi connectivity index (χ1) is 20.9.